The fourth-order valence-electron chi connectivity index (χ4n) is 2.78. The lowest BCUT2D eigenvalue weighted by Gasteiger charge is -2.07. The minimum atomic E-state index is -0.357. The molecule has 0 radical (unpaired) electrons. The largest absolute Gasteiger partial charge is 0.494 e. The van der Waals surface area contributed by atoms with Gasteiger partial charge >= 0.3 is 11.9 Å². The monoisotopic (exact) mass is 490 g/mol. The summed E-state index contributed by atoms with van der Waals surface area (Å²) in [4.78, 5) is 22.6. The molecule has 2 rings (SSSR count). The Balaban J connectivity index is 1.65. The number of ether oxygens (including phenoxy) is 4. The van der Waals surface area contributed by atoms with E-state index in [1.165, 1.54) is 0 Å². The molecule has 36 heavy (non-hydrogen) atoms. The summed E-state index contributed by atoms with van der Waals surface area (Å²) < 4.78 is 21.5. The van der Waals surface area contributed by atoms with Gasteiger partial charge in [-0.3, -0.25) is 0 Å². The molecule has 0 N–H and O–H groups in total. The molecule has 0 saturated heterocycles. The molecular weight excluding hydrogens is 456 g/mol. The summed E-state index contributed by atoms with van der Waals surface area (Å²) in [6.45, 7) is 12.2. The molecule has 0 aliphatic carbocycles. The first-order valence-corrected chi connectivity index (χ1v) is 12.0. The van der Waals surface area contributed by atoms with Crippen LogP contribution in [-0.4, -0.2) is 38.4 Å². The zero-order valence-electron chi connectivity index (χ0n) is 21.1. The Bertz CT molecular complexity index is 986. The third-order valence-electron chi connectivity index (χ3n) is 4.84. The van der Waals surface area contributed by atoms with E-state index >= 15 is 0 Å². The third-order valence-corrected chi connectivity index (χ3v) is 4.84. The second-order valence-corrected chi connectivity index (χ2v) is 8.24. The first-order chi connectivity index (χ1) is 17.3. The number of unbranched alkanes of at least 4 members (excludes halogenated alkanes) is 2. The number of hydrogen-bond acceptors (Lipinski definition) is 6. The average Bonchev–Trinajstić information content (AvgIpc) is 2.87. The van der Waals surface area contributed by atoms with Gasteiger partial charge in [-0.1, -0.05) is 25.0 Å². The van der Waals surface area contributed by atoms with Crippen molar-refractivity contribution in [1.82, 2.24) is 0 Å². The zero-order chi connectivity index (χ0) is 26.2. The van der Waals surface area contributed by atoms with Crippen LogP contribution in [0.15, 0.2) is 72.8 Å². The maximum atomic E-state index is 11.3. The summed E-state index contributed by atoms with van der Waals surface area (Å²) >= 11 is 0. The Morgan fingerprint density at radius 3 is 1.28 bits per heavy atom. The van der Waals surface area contributed by atoms with Gasteiger partial charge in [-0.25, -0.2) is 9.59 Å². The van der Waals surface area contributed by atoms with Crippen LogP contribution in [0.2, 0.25) is 0 Å². The van der Waals surface area contributed by atoms with Crippen molar-refractivity contribution in [3.63, 3.8) is 0 Å². The number of rotatable bonds is 14. The van der Waals surface area contributed by atoms with Gasteiger partial charge in [0, 0.05) is 22.3 Å². The van der Waals surface area contributed by atoms with Crippen LogP contribution in [0.5, 0.6) is 11.5 Å². The van der Waals surface area contributed by atoms with Crippen molar-refractivity contribution in [2.45, 2.75) is 39.5 Å². The first-order valence-electron chi connectivity index (χ1n) is 12.0. The van der Waals surface area contributed by atoms with E-state index in [2.05, 4.69) is 25.0 Å². The Morgan fingerprint density at radius 1 is 0.611 bits per heavy atom. The maximum absolute atomic E-state index is 11.3. The van der Waals surface area contributed by atoms with Crippen molar-refractivity contribution in [2.24, 2.45) is 0 Å². The van der Waals surface area contributed by atoms with Gasteiger partial charge in [0.15, 0.2) is 0 Å². The normalized spacial score (nSPS) is 9.94. The van der Waals surface area contributed by atoms with Crippen LogP contribution in [0.4, 0.5) is 0 Å². The van der Waals surface area contributed by atoms with Crippen molar-refractivity contribution in [2.75, 3.05) is 26.4 Å². The number of carbonyl (C=O) groups is 2. The van der Waals surface area contributed by atoms with Gasteiger partial charge in [0.25, 0.3) is 0 Å². The minimum absolute atomic E-state index is 0.357. The van der Waals surface area contributed by atoms with Crippen LogP contribution >= 0.6 is 0 Å². The highest BCUT2D eigenvalue weighted by molar-refractivity contribution is 5.87. The lowest BCUT2D eigenvalue weighted by atomic mass is 10.2. The van der Waals surface area contributed by atoms with E-state index in [1.807, 2.05) is 48.5 Å². The van der Waals surface area contributed by atoms with Crippen LogP contribution in [0.1, 0.15) is 50.7 Å². The molecule has 0 aromatic heterocycles. The molecule has 0 atom stereocenters. The fourth-order valence-corrected chi connectivity index (χ4v) is 2.78. The smallest absolute Gasteiger partial charge is 0.333 e. The number of carbonyl (C=O) groups excluding carboxylic acids is 2. The molecule has 0 spiro atoms. The van der Waals surface area contributed by atoms with Gasteiger partial charge in [-0.2, -0.15) is 0 Å². The third kappa shape index (κ3) is 11.4. The van der Waals surface area contributed by atoms with E-state index in [0.29, 0.717) is 37.6 Å². The van der Waals surface area contributed by atoms with E-state index in [1.54, 1.807) is 13.8 Å². The summed E-state index contributed by atoms with van der Waals surface area (Å²) in [5.41, 5.74) is 2.59. The fraction of sp³-hybridized carbons (Fsp3) is 0.333. The molecule has 0 aliphatic rings. The summed E-state index contributed by atoms with van der Waals surface area (Å²) in [5, 5.41) is 0. The molecule has 190 valence electrons. The number of esters is 2. The molecule has 6 nitrogen and oxygen atoms in total. The molecular formula is C30H34O6. The van der Waals surface area contributed by atoms with Gasteiger partial charge in [0.2, 0.25) is 0 Å². The van der Waals surface area contributed by atoms with Gasteiger partial charge in [0.1, 0.15) is 11.5 Å². The lowest BCUT2D eigenvalue weighted by Crippen LogP contribution is -2.07. The van der Waals surface area contributed by atoms with E-state index in [4.69, 9.17) is 18.9 Å². The van der Waals surface area contributed by atoms with E-state index in [9.17, 15) is 9.59 Å². The quantitative estimate of drug-likeness (QED) is 0.148. The minimum Gasteiger partial charge on any atom is -0.494 e. The van der Waals surface area contributed by atoms with Gasteiger partial charge in [0.05, 0.1) is 26.4 Å². The van der Waals surface area contributed by atoms with Gasteiger partial charge in [-0.05, 0) is 88.1 Å². The van der Waals surface area contributed by atoms with Gasteiger partial charge in [-0.15, -0.1) is 0 Å². The predicted octanol–water partition coefficient (Wildman–Crippen LogP) is 5.64. The van der Waals surface area contributed by atoms with Crippen molar-refractivity contribution in [3.05, 3.63) is 84.0 Å². The van der Waals surface area contributed by atoms with Crippen LogP contribution in [-0.2, 0) is 19.1 Å². The van der Waals surface area contributed by atoms with Crippen LogP contribution in [0.3, 0.4) is 0 Å². The predicted molar refractivity (Wildman–Crippen MR) is 140 cm³/mol. The van der Waals surface area contributed by atoms with E-state index in [-0.39, 0.29) is 11.9 Å². The summed E-state index contributed by atoms with van der Waals surface area (Å²) in [6, 6.07) is 15.2. The summed E-state index contributed by atoms with van der Waals surface area (Å²) in [6.07, 6.45) is 3.05. The number of benzene rings is 2. The van der Waals surface area contributed by atoms with Crippen molar-refractivity contribution in [1.29, 1.82) is 0 Å². The molecule has 0 saturated carbocycles. The SMILES string of the molecule is C=C(C)C(=O)OCCCCOc1ccc(C#Cc2ccc(OCCCCOC(=O)C(=C)C)cc2)cc1. The molecule has 0 heterocycles. The van der Waals surface area contributed by atoms with Gasteiger partial charge < -0.3 is 18.9 Å². The Labute approximate surface area is 213 Å². The molecule has 0 aliphatic heterocycles. The molecule has 0 unspecified atom stereocenters. The second-order valence-electron chi connectivity index (χ2n) is 8.24. The van der Waals surface area contributed by atoms with E-state index < -0.39 is 0 Å². The van der Waals surface area contributed by atoms with Crippen LogP contribution in [0, 0.1) is 11.8 Å². The average molecular weight is 491 g/mol. The first kappa shape index (κ1) is 28.3. The Hall–Kier alpha value is -3.98. The summed E-state index contributed by atoms with van der Waals surface area (Å²) in [7, 11) is 0. The Kier molecular flexibility index (Phi) is 12.4. The molecule has 2 aromatic rings. The molecule has 2 aromatic carbocycles. The summed E-state index contributed by atoms with van der Waals surface area (Å²) in [5.74, 6) is 7.12. The number of hydrogen-bond donors (Lipinski definition) is 0. The van der Waals surface area contributed by atoms with E-state index in [0.717, 1.165) is 48.3 Å². The molecule has 6 heteroatoms. The molecule has 0 bridgehead atoms. The second kappa shape index (κ2) is 15.8. The highest BCUT2D eigenvalue weighted by Gasteiger charge is 2.03. The maximum Gasteiger partial charge on any atom is 0.333 e. The molecule has 0 amide bonds. The van der Waals surface area contributed by atoms with Crippen LogP contribution < -0.4 is 9.47 Å². The molecule has 0 fully saturated rings. The zero-order valence-corrected chi connectivity index (χ0v) is 21.1. The van der Waals surface area contributed by atoms with Crippen molar-refractivity contribution < 1.29 is 28.5 Å². The van der Waals surface area contributed by atoms with Crippen molar-refractivity contribution >= 4 is 11.9 Å². The van der Waals surface area contributed by atoms with Crippen LogP contribution in [0.25, 0.3) is 0 Å². The van der Waals surface area contributed by atoms with Crippen molar-refractivity contribution in [3.8, 4) is 23.3 Å². The standard InChI is InChI=1S/C30H34O6/c1-23(2)29(31)35-21-7-5-19-33-27-15-11-25(12-16-27)9-10-26-13-17-28(18-14-26)34-20-6-8-22-36-30(32)24(3)4/h11-18H,1,3,5-8,19-22H2,2,4H3. The topological polar surface area (TPSA) is 71.1 Å². The highest BCUT2D eigenvalue weighted by Crippen LogP contribution is 2.14. The lowest BCUT2D eigenvalue weighted by molar-refractivity contribution is -0.139. The Morgan fingerprint density at radius 2 is 0.944 bits per heavy atom. The highest BCUT2D eigenvalue weighted by atomic mass is 16.5.